The highest BCUT2D eigenvalue weighted by Crippen LogP contribution is 2.18. The van der Waals surface area contributed by atoms with Gasteiger partial charge in [-0.3, -0.25) is 4.79 Å². The molecule has 0 bridgehead atoms. The zero-order valence-corrected chi connectivity index (χ0v) is 11.6. The van der Waals surface area contributed by atoms with Crippen LogP contribution in [0.25, 0.3) is 0 Å². The number of carbonyl (C=O) groups is 1. The number of hydrogen-bond acceptors (Lipinski definition) is 3. The highest BCUT2D eigenvalue weighted by Gasteiger charge is 2.28. The van der Waals surface area contributed by atoms with Gasteiger partial charge in [0.15, 0.2) is 6.61 Å². The molecule has 0 saturated carbocycles. The summed E-state index contributed by atoms with van der Waals surface area (Å²) in [6, 6.07) is 6.01. The molecule has 0 aromatic heterocycles. The largest absolute Gasteiger partial charge is 0.484 e. The van der Waals surface area contributed by atoms with E-state index in [2.05, 4.69) is 10.1 Å². The van der Waals surface area contributed by atoms with Crippen LogP contribution >= 0.6 is 0 Å². The first-order chi connectivity index (χ1) is 9.76. The van der Waals surface area contributed by atoms with Crippen LogP contribution < -0.4 is 10.1 Å². The molecule has 0 spiro atoms. The predicted molar refractivity (Wildman–Crippen MR) is 70.8 cm³/mol. The van der Waals surface area contributed by atoms with E-state index in [0.717, 1.165) is 5.56 Å². The second-order valence-corrected chi connectivity index (χ2v) is 4.71. The first-order valence-electron chi connectivity index (χ1n) is 6.49. The maximum atomic E-state index is 12.0. The van der Waals surface area contributed by atoms with Gasteiger partial charge in [0.05, 0.1) is 6.10 Å². The van der Waals surface area contributed by atoms with Gasteiger partial charge in [-0.1, -0.05) is 12.1 Å². The van der Waals surface area contributed by atoms with Gasteiger partial charge >= 0.3 is 6.18 Å². The summed E-state index contributed by atoms with van der Waals surface area (Å²) in [7, 11) is 0. The van der Waals surface area contributed by atoms with Gasteiger partial charge in [-0.25, -0.2) is 0 Å². The second-order valence-electron chi connectivity index (χ2n) is 4.71. The van der Waals surface area contributed by atoms with E-state index in [1.807, 2.05) is 0 Å². The average molecular weight is 305 g/mol. The lowest BCUT2D eigenvalue weighted by atomic mass is 10.2. The van der Waals surface area contributed by atoms with Gasteiger partial charge in [-0.15, -0.1) is 0 Å². The van der Waals surface area contributed by atoms with Crippen molar-refractivity contribution in [3.05, 3.63) is 29.8 Å². The highest BCUT2D eigenvalue weighted by molar-refractivity contribution is 5.75. The minimum absolute atomic E-state index is 0.122. The Bertz CT molecular complexity index is 444. The summed E-state index contributed by atoms with van der Waals surface area (Å²) in [4.78, 5) is 11.4. The Morgan fingerprint density at radius 2 is 1.95 bits per heavy atom. The SMILES string of the molecule is CC(O)CCC(=O)NCc1ccc(OCC(F)(F)F)cc1. The summed E-state index contributed by atoms with van der Waals surface area (Å²) in [5, 5.41) is 11.7. The quantitative estimate of drug-likeness (QED) is 0.813. The smallest absolute Gasteiger partial charge is 0.422 e. The third kappa shape index (κ3) is 8.19. The van der Waals surface area contributed by atoms with Crippen molar-refractivity contribution < 1.29 is 27.8 Å². The van der Waals surface area contributed by atoms with E-state index in [9.17, 15) is 18.0 Å². The molecule has 0 fully saturated rings. The standard InChI is InChI=1S/C14H18F3NO3/c1-10(19)2-7-13(20)18-8-11-3-5-12(6-4-11)21-9-14(15,16)17/h3-6,10,19H,2,7-9H2,1H3,(H,18,20). The third-order valence-electron chi connectivity index (χ3n) is 2.60. The molecule has 0 radical (unpaired) electrons. The van der Waals surface area contributed by atoms with Gasteiger partial charge in [0, 0.05) is 13.0 Å². The van der Waals surface area contributed by atoms with Crippen molar-refractivity contribution in [1.29, 1.82) is 0 Å². The van der Waals surface area contributed by atoms with Crippen molar-refractivity contribution in [3.63, 3.8) is 0 Å². The molecule has 0 heterocycles. The van der Waals surface area contributed by atoms with Crippen LogP contribution in [-0.4, -0.2) is 29.9 Å². The summed E-state index contributed by atoms with van der Waals surface area (Å²) in [5.74, 6) is -0.0650. The van der Waals surface area contributed by atoms with Gasteiger partial charge in [0.1, 0.15) is 5.75 Å². The molecule has 1 rings (SSSR count). The number of nitrogens with one attached hydrogen (secondary N) is 1. The number of ether oxygens (including phenoxy) is 1. The van der Waals surface area contributed by atoms with Crippen LogP contribution in [-0.2, 0) is 11.3 Å². The van der Waals surface area contributed by atoms with Crippen molar-refractivity contribution >= 4 is 5.91 Å². The Hall–Kier alpha value is -1.76. The molecule has 1 unspecified atom stereocenters. The van der Waals surface area contributed by atoms with Gasteiger partial charge in [0.25, 0.3) is 0 Å². The Morgan fingerprint density at radius 1 is 1.33 bits per heavy atom. The lowest BCUT2D eigenvalue weighted by molar-refractivity contribution is -0.153. The summed E-state index contributed by atoms with van der Waals surface area (Å²) in [6.07, 6.45) is -4.28. The summed E-state index contributed by atoms with van der Waals surface area (Å²) < 4.78 is 40.5. The fourth-order valence-corrected chi connectivity index (χ4v) is 1.50. The first kappa shape index (κ1) is 17.3. The Labute approximate surface area is 120 Å². The minimum atomic E-state index is -4.36. The van der Waals surface area contributed by atoms with E-state index < -0.39 is 18.9 Å². The molecule has 1 aromatic rings. The van der Waals surface area contributed by atoms with Crippen molar-refractivity contribution in [3.8, 4) is 5.75 Å². The average Bonchev–Trinajstić information content (AvgIpc) is 2.41. The number of benzene rings is 1. The van der Waals surface area contributed by atoms with Crippen LogP contribution in [0.1, 0.15) is 25.3 Å². The maximum absolute atomic E-state index is 12.0. The fourth-order valence-electron chi connectivity index (χ4n) is 1.50. The van der Waals surface area contributed by atoms with Crippen LogP contribution in [0.2, 0.25) is 0 Å². The minimum Gasteiger partial charge on any atom is -0.484 e. The molecule has 0 aliphatic heterocycles. The summed E-state index contributed by atoms with van der Waals surface area (Å²) in [6.45, 7) is 0.549. The van der Waals surface area contributed by atoms with Crippen LogP contribution in [0, 0.1) is 0 Å². The van der Waals surface area contributed by atoms with E-state index in [0.29, 0.717) is 6.42 Å². The number of aliphatic hydroxyl groups excluding tert-OH is 1. The van der Waals surface area contributed by atoms with Gasteiger partial charge in [-0.05, 0) is 31.0 Å². The molecule has 4 nitrogen and oxygen atoms in total. The van der Waals surface area contributed by atoms with E-state index in [1.165, 1.54) is 12.1 Å². The van der Waals surface area contributed by atoms with Crippen molar-refractivity contribution in [2.24, 2.45) is 0 Å². The van der Waals surface area contributed by atoms with Crippen molar-refractivity contribution in [1.82, 2.24) is 5.32 Å². The molecule has 0 aliphatic carbocycles. The number of hydrogen-bond donors (Lipinski definition) is 2. The second kappa shape index (κ2) is 7.87. The monoisotopic (exact) mass is 305 g/mol. The molecular weight excluding hydrogens is 287 g/mol. The normalized spacial score (nSPS) is 12.8. The zero-order valence-electron chi connectivity index (χ0n) is 11.6. The Morgan fingerprint density at radius 3 is 2.48 bits per heavy atom. The molecule has 0 aliphatic rings. The van der Waals surface area contributed by atoms with Gasteiger partial charge in [-0.2, -0.15) is 13.2 Å². The van der Waals surface area contributed by atoms with Gasteiger partial charge in [0.2, 0.25) is 5.91 Å². The van der Waals surface area contributed by atoms with Crippen molar-refractivity contribution in [2.45, 2.75) is 38.6 Å². The molecular formula is C14H18F3NO3. The lowest BCUT2D eigenvalue weighted by Gasteiger charge is -2.10. The number of halogens is 3. The maximum Gasteiger partial charge on any atom is 0.422 e. The lowest BCUT2D eigenvalue weighted by Crippen LogP contribution is -2.23. The van der Waals surface area contributed by atoms with E-state index in [1.54, 1.807) is 19.1 Å². The summed E-state index contributed by atoms with van der Waals surface area (Å²) in [5.41, 5.74) is 0.750. The molecule has 2 N–H and O–H groups in total. The molecule has 7 heteroatoms. The highest BCUT2D eigenvalue weighted by atomic mass is 19.4. The van der Waals surface area contributed by atoms with Crippen LogP contribution in [0.5, 0.6) is 5.75 Å². The fraction of sp³-hybridized carbons (Fsp3) is 0.500. The Kier molecular flexibility index (Phi) is 6.48. The van der Waals surface area contributed by atoms with E-state index in [4.69, 9.17) is 5.11 Å². The molecule has 21 heavy (non-hydrogen) atoms. The Balaban J connectivity index is 2.35. The number of amides is 1. The molecule has 0 saturated heterocycles. The molecule has 1 amide bonds. The van der Waals surface area contributed by atoms with Crippen LogP contribution in [0.3, 0.4) is 0 Å². The number of alkyl halides is 3. The van der Waals surface area contributed by atoms with E-state index >= 15 is 0 Å². The van der Waals surface area contributed by atoms with E-state index in [-0.39, 0.29) is 24.6 Å². The molecule has 1 atom stereocenters. The van der Waals surface area contributed by atoms with Crippen LogP contribution in [0.4, 0.5) is 13.2 Å². The topological polar surface area (TPSA) is 58.6 Å². The molecule has 118 valence electrons. The number of rotatable bonds is 7. The van der Waals surface area contributed by atoms with Gasteiger partial charge < -0.3 is 15.2 Å². The van der Waals surface area contributed by atoms with Crippen molar-refractivity contribution in [2.75, 3.05) is 6.61 Å². The zero-order chi connectivity index (χ0) is 15.9. The molecule has 1 aromatic carbocycles. The number of aliphatic hydroxyl groups is 1. The first-order valence-corrected chi connectivity index (χ1v) is 6.49. The third-order valence-corrected chi connectivity index (χ3v) is 2.60. The summed E-state index contributed by atoms with van der Waals surface area (Å²) >= 11 is 0. The number of carbonyl (C=O) groups excluding carboxylic acids is 1. The van der Waals surface area contributed by atoms with Crippen LogP contribution in [0.15, 0.2) is 24.3 Å². The predicted octanol–water partition coefficient (Wildman–Crippen LogP) is 2.40.